The van der Waals surface area contributed by atoms with Crippen LogP contribution in [0.5, 0.6) is 0 Å². The highest BCUT2D eigenvalue weighted by molar-refractivity contribution is 7.92. The zero-order valence-corrected chi connectivity index (χ0v) is 15.3. The monoisotopic (exact) mass is 376 g/mol. The number of benzene rings is 2. The lowest BCUT2D eigenvalue weighted by Crippen LogP contribution is -2.42. The van der Waals surface area contributed by atoms with Gasteiger partial charge in [0.25, 0.3) is 15.9 Å². The van der Waals surface area contributed by atoms with Gasteiger partial charge in [-0.2, -0.15) is 0 Å². The van der Waals surface area contributed by atoms with Gasteiger partial charge in [0.1, 0.15) is 5.82 Å². The molecule has 1 heterocycles. The number of amides is 1. The summed E-state index contributed by atoms with van der Waals surface area (Å²) in [5.41, 5.74) is 0.332. The third kappa shape index (κ3) is 3.88. The lowest BCUT2D eigenvalue weighted by atomic mass is 10.0. The molecule has 1 amide bonds. The van der Waals surface area contributed by atoms with Crippen molar-refractivity contribution in [2.45, 2.75) is 37.1 Å². The van der Waals surface area contributed by atoms with E-state index in [0.29, 0.717) is 5.56 Å². The van der Waals surface area contributed by atoms with Crippen molar-refractivity contribution < 1.29 is 17.6 Å². The van der Waals surface area contributed by atoms with E-state index in [2.05, 4.69) is 4.72 Å². The number of likely N-dealkylation sites (tertiary alicyclic amines) is 1. The predicted molar refractivity (Wildman–Crippen MR) is 98.0 cm³/mol. The number of piperidine rings is 1. The number of nitrogens with zero attached hydrogens (tertiary/aromatic N) is 1. The highest BCUT2D eigenvalue weighted by atomic mass is 32.2. The second kappa shape index (κ2) is 7.45. The van der Waals surface area contributed by atoms with Crippen LogP contribution >= 0.6 is 0 Å². The molecule has 1 N–H and O–H groups in total. The summed E-state index contributed by atoms with van der Waals surface area (Å²) in [4.78, 5) is 14.4. The van der Waals surface area contributed by atoms with Crippen LogP contribution in [0, 0.1) is 5.82 Å². The average molecular weight is 376 g/mol. The topological polar surface area (TPSA) is 66.5 Å². The van der Waals surface area contributed by atoms with E-state index in [1.807, 2.05) is 11.8 Å². The molecule has 26 heavy (non-hydrogen) atoms. The first-order valence-electron chi connectivity index (χ1n) is 8.57. The summed E-state index contributed by atoms with van der Waals surface area (Å²) < 4.78 is 40.7. The number of halogens is 1. The van der Waals surface area contributed by atoms with Gasteiger partial charge in [-0.05, 0) is 62.6 Å². The summed E-state index contributed by atoms with van der Waals surface area (Å²) in [5, 5.41) is 0. The summed E-state index contributed by atoms with van der Waals surface area (Å²) in [6, 6.07) is 11.5. The summed E-state index contributed by atoms with van der Waals surface area (Å²) in [7, 11) is -3.93. The number of anilines is 1. The third-order valence-electron chi connectivity index (χ3n) is 4.59. The van der Waals surface area contributed by atoms with Gasteiger partial charge in [0, 0.05) is 18.2 Å². The maximum absolute atomic E-state index is 13.7. The van der Waals surface area contributed by atoms with Crippen LogP contribution in [0.3, 0.4) is 0 Å². The van der Waals surface area contributed by atoms with E-state index >= 15 is 0 Å². The number of sulfonamides is 1. The molecule has 0 spiro atoms. The molecule has 3 rings (SSSR count). The molecule has 1 aliphatic rings. The van der Waals surface area contributed by atoms with Crippen molar-refractivity contribution in [3.63, 3.8) is 0 Å². The van der Waals surface area contributed by atoms with Crippen LogP contribution in [-0.4, -0.2) is 31.8 Å². The van der Waals surface area contributed by atoms with Crippen molar-refractivity contribution in [3.05, 3.63) is 59.9 Å². The van der Waals surface area contributed by atoms with Gasteiger partial charge in [-0.1, -0.05) is 12.1 Å². The molecule has 0 aromatic heterocycles. The maximum atomic E-state index is 13.7. The molecule has 0 bridgehead atoms. The van der Waals surface area contributed by atoms with Gasteiger partial charge >= 0.3 is 0 Å². The van der Waals surface area contributed by atoms with Crippen molar-refractivity contribution in [3.8, 4) is 0 Å². The molecule has 1 saturated heterocycles. The Morgan fingerprint density at radius 3 is 2.46 bits per heavy atom. The van der Waals surface area contributed by atoms with Gasteiger partial charge in [-0.25, -0.2) is 12.8 Å². The molecule has 138 valence electrons. The number of rotatable bonds is 4. The largest absolute Gasteiger partial charge is 0.336 e. The van der Waals surface area contributed by atoms with E-state index in [9.17, 15) is 17.6 Å². The minimum absolute atomic E-state index is 0.0241. The van der Waals surface area contributed by atoms with Crippen molar-refractivity contribution in [2.24, 2.45) is 0 Å². The van der Waals surface area contributed by atoms with Crippen LogP contribution in [0.25, 0.3) is 0 Å². The van der Waals surface area contributed by atoms with Crippen molar-refractivity contribution in [1.82, 2.24) is 4.90 Å². The van der Waals surface area contributed by atoms with Crippen LogP contribution in [-0.2, 0) is 10.0 Å². The minimum atomic E-state index is -3.93. The van der Waals surface area contributed by atoms with Gasteiger partial charge < -0.3 is 4.90 Å². The molecule has 1 unspecified atom stereocenters. The summed E-state index contributed by atoms with van der Waals surface area (Å²) in [6.07, 6.45) is 3.07. The molecule has 0 aliphatic carbocycles. The fraction of sp³-hybridized carbons (Fsp3) is 0.316. The highest BCUT2D eigenvalue weighted by Gasteiger charge is 2.24. The molecular weight excluding hydrogens is 355 g/mol. The fourth-order valence-electron chi connectivity index (χ4n) is 3.09. The first kappa shape index (κ1) is 18.4. The molecule has 1 fully saturated rings. The van der Waals surface area contributed by atoms with E-state index in [1.54, 1.807) is 6.07 Å². The van der Waals surface area contributed by atoms with E-state index in [4.69, 9.17) is 0 Å². The molecular formula is C19H21FN2O3S. The van der Waals surface area contributed by atoms with Gasteiger partial charge in [0.05, 0.1) is 10.6 Å². The van der Waals surface area contributed by atoms with E-state index in [0.717, 1.165) is 25.8 Å². The minimum Gasteiger partial charge on any atom is -0.336 e. The highest BCUT2D eigenvalue weighted by Crippen LogP contribution is 2.22. The Labute approximate surface area is 152 Å². The van der Waals surface area contributed by atoms with Crippen LogP contribution in [0.4, 0.5) is 10.1 Å². The summed E-state index contributed by atoms with van der Waals surface area (Å²) in [5.74, 6) is -0.745. The zero-order chi connectivity index (χ0) is 18.7. The van der Waals surface area contributed by atoms with Crippen LogP contribution in [0.2, 0.25) is 0 Å². The SMILES string of the molecule is CC1CCCCN1C(=O)c1ccc(S(=O)(=O)Nc2ccccc2F)cc1. The first-order valence-corrected chi connectivity index (χ1v) is 10.1. The van der Waals surface area contributed by atoms with Gasteiger partial charge in [0.2, 0.25) is 0 Å². The van der Waals surface area contributed by atoms with Crippen molar-refractivity contribution in [2.75, 3.05) is 11.3 Å². The Morgan fingerprint density at radius 1 is 1.12 bits per heavy atom. The number of hydrogen-bond donors (Lipinski definition) is 1. The van der Waals surface area contributed by atoms with Crippen molar-refractivity contribution in [1.29, 1.82) is 0 Å². The zero-order valence-electron chi connectivity index (χ0n) is 14.5. The van der Waals surface area contributed by atoms with Gasteiger partial charge in [0.15, 0.2) is 0 Å². The molecule has 7 heteroatoms. The normalized spacial score (nSPS) is 17.8. The molecule has 0 saturated carbocycles. The second-order valence-electron chi connectivity index (χ2n) is 6.45. The van der Waals surface area contributed by atoms with Gasteiger partial charge in [-0.15, -0.1) is 0 Å². The first-order chi connectivity index (χ1) is 12.4. The van der Waals surface area contributed by atoms with Crippen LogP contribution in [0.15, 0.2) is 53.4 Å². The molecule has 1 atom stereocenters. The Balaban J connectivity index is 1.78. The number of carbonyl (C=O) groups excluding carboxylic acids is 1. The number of para-hydroxylation sites is 1. The van der Waals surface area contributed by atoms with E-state index < -0.39 is 15.8 Å². The molecule has 1 aliphatic heterocycles. The molecule has 5 nitrogen and oxygen atoms in total. The summed E-state index contributed by atoms with van der Waals surface area (Å²) in [6.45, 7) is 2.74. The maximum Gasteiger partial charge on any atom is 0.261 e. The fourth-order valence-corrected chi connectivity index (χ4v) is 4.16. The van der Waals surface area contributed by atoms with Gasteiger partial charge in [-0.3, -0.25) is 9.52 Å². The standard InChI is InChI=1S/C19H21FN2O3S/c1-14-6-4-5-13-22(14)19(23)15-9-11-16(12-10-15)26(24,25)21-18-8-3-2-7-17(18)20/h2-3,7-12,14,21H,4-6,13H2,1H3. The third-order valence-corrected chi connectivity index (χ3v) is 5.97. The number of carbonyl (C=O) groups is 1. The Kier molecular flexibility index (Phi) is 5.27. The molecule has 2 aromatic carbocycles. The number of nitrogens with one attached hydrogen (secondary N) is 1. The van der Waals surface area contributed by atoms with E-state index in [-0.39, 0.29) is 22.5 Å². The molecule has 0 radical (unpaired) electrons. The number of hydrogen-bond acceptors (Lipinski definition) is 3. The Morgan fingerprint density at radius 2 is 1.81 bits per heavy atom. The second-order valence-corrected chi connectivity index (χ2v) is 8.14. The molecule has 2 aromatic rings. The summed E-state index contributed by atoms with van der Waals surface area (Å²) >= 11 is 0. The quantitative estimate of drug-likeness (QED) is 0.886. The van der Waals surface area contributed by atoms with E-state index in [1.165, 1.54) is 42.5 Å². The average Bonchev–Trinajstić information content (AvgIpc) is 2.63. The van der Waals surface area contributed by atoms with Crippen molar-refractivity contribution >= 4 is 21.6 Å². The Hall–Kier alpha value is -2.41. The predicted octanol–water partition coefficient (Wildman–Crippen LogP) is 3.64. The lowest BCUT2D eigenvalue weighted by Gasteiger charge is -2.33. The van der Waals surface area contributed by atoms with Crippen LogP contribution in [0.1, 0.15) is 36.5 Å². The smallest absolute Gasteiger partial charge is 0.261 e. The Bertz CT molecular complexity index is 897. The lowest BCUT2D eigenvalue weighted by molar-refractivity contribution is 0.0635. The van der Waals surface area contributed by atoms with Crippen LogP contribution < -0.4 is 4.72 Å².